The number of hydrogen-bond acceptors (Lipinski definition) is 5. The molecule has 1 aliphatic heterocycles. The summed E-state index contributed by atoms with van der Waals surface area (Å²) in [6.07, 6.45) is -3.19. The Kier molecular flexibility index (Phi) is 5.52. The third-order valence-electron chi connectivity index (χ3n) is 4.14. The van der Waals surface area contributed by atoms with E-state index >= 15 is 0 Å². The van der Waals surface area contributed by atoms with Gasteiger partial charge in [0.25, 0.3) is 5.91 Å². The Morgan fingerprint density at radius 3 is 2.58 bits per heavy atom. The van der Waals surface area contributed by atoms with Crippen molar-refractivity contribution in [3.63, 3.8) is 0 Å². The molecule has 1 amide bonds. The van der Waals surface area contributed by atoms with E-state index in [0.29, 0.717) is 18.8 Å². The van der Waals surface area contributed by atoms with E-state index in [2.05, 4.69) is 20.8 Å². The normalized spacial score (nSPS) is 17.0. The summed E-state index contributed by atoms with van der Waals surface area (Å²) < 4.78 is 40.0. The van der Waals surface area contributed by atoms with Crippen LogP contribution < -0.4 is 10.6 Å². The van der Waals surface area contributed by atoms with Crippen molar-refractivity contribution in [1.82, 2.24) is 30.5 Å². The Bertz CT molecular complexity index is 727. The molecule has 7 nitrogen and oxygen atoms in total. The van der Waals surface area contributed by atoms with Crippen molar-refractivity contribution in [3.8, 4) is 5.69 Å². The number of carbonyl (C=O) groups excluding carboxylic acids is 1. The van der Waals surface area contributed by atoms with Crippen molar-refractivity contribution >= 4 is 5.91 Å². The lowest BCUT2D eigenvalue weighted by Gasteiger charge is -2.35. The molecule has 0 spiro atoms. The number of alkyl halides is 3. The zero-order chi connectivity index (χ0) is 18.6. The molecule has 10 heteroatoms. The molecule has 0 radical (unpaired) electrons. The monoisotopic (exact) mass is 368 g/mol. The molecule has 0 aliphatic carbocycles. The summed E-state index contributed by atoms with van der Waals surface area (Å²) in [7, 11) is 0. The minimum Gasteiger partial charge on any atom is -0.349 e. The van der Waals surface area contributed by atoms with Gasteiger partial charge in [-0.05, 0) is 12.1 Å². The average Bonchev–Trinajstić information content (AvgIpc) is 3.12. The fraction of sp³-hybridized carbons (Fsp3) is 0.438. The second-order valence-electron chi connectivity index (χ2n) is 5.91. The van der Waals surface area contributed by atoms with Crippen molar-refractivity contribution in [1.29, 1.82) is 0 Å². The van der Waals surface area contributed by atoms with Crippen molar-refractivity contribution in [2.45, 2.75) is 12.2 Å². The molecule has 1 saturated heterocycles. The van der Waals surface area contributed by atoms with Gasteiger partial charge >= 0.3 is 6.18 Å². The highest BCUT2D eigenvalue weighted by Crippen LogP contribution is 2.24. The molecule has 1 fully saturated rings. The van der Waals surface area contributed by atoms with Crippen LogP contribution in [0.2, 0.25) is 0 Å². The lowest BCUT2D eigenvalue weighted by molar-refractivity contribution is -0.183. The van der Waals surface area contributed by atoms with Crippen LogP contribution in [0.25, 0.3) is 5.69 Å². The fourth-order valence-electron chi connectivity index (χ4n) is 2.78. The topological polar surface area (TPSA) is 75.1 Å². The van der Waals surface area contributed by atoms with Crippen molar-refractivity contribution in [3.05, 3.63) is 42.2 Å². The summed E-state index contributed by atoms with van der Waals surface area (Å²) in [5.74, 6) is -0.684. The zero-order valence-electron chi connectivity index (χ0n) is 13.9. The molecule has 1 unspecified atom stereocenters. The van der Waals surface area contributed by atoms with Crippen LogP contribution in [0, 0.1) is 0 Å². The van der Waals surface area contributed by atoms with Crippen molar-refractivity contribution < 1.29 is 18.0 Å². The molecule has 0 bridgehead atoms. The van der Waals surface area contributed by atoms with Crippen LogP contribution in [0.4, 0.5) is 13.2 Å². The fourth-order valence-corrected chi connectivity index (χ4v) is 2.78. The van der Waals surface area contributed by atoms with Gasteiger partial charge in [0.2, 0.25) is 0 Å². The van der Waals surface area contributed by atoms with Gasteiger partial charge in [0, 0.05) is 32.7 Å². The molecule has 2 N–H and O–H groups in total. The maximum atomic E-state index is 13.3. The van der Waals surface area contributed by atoms with Crippen LogP contribution in [-0.4, -0.2) is 70.7 Å². The number of hydrogen-bond donors (Lipinski definition) is 2. The number of piperazine rings is 1. The number of amides is 1. The minimum atomic E-state index is -4.42. The van der Waals surface area contributed by atoms with Gasteiger partial charge in [-0.15, -0.1) is 5.10 Å². The van der Waals surface area contributed by atoms with Crippen LogP contribution in [0.3, 0.4) is 0 Å². The van der Waals surface area contributed by atoms with Crippen molar-refractivity contribution in [2.75, 3.05) is 32.7 Å². The molecule has 3 rings (SSSR count). The molecule has 1 aromatic carbocycles. The maximum absolute atomic E-state index is 13.3. The summed E-state index contributed by atoms with van der Waals surface area (Å²) in [4.78, 5) is 14.8. The molecule has 1 aliphatic rings. The highest BCUT2D eigenvalue weighted by atomic mass is 19.4. The first-order valence-electron chi connectivity index (χ1n) is 8.22. The summed E-state index contributed by atoms with van der Waals surface area (Å²) in [6, 6.07) is 7.20. The number of halogens is 3. The van der Waals surface area contributed by atoms with Gasteiger partial charge in [-0.3, -0.25) is 9.69 Å². The van der Waals surface area contributed by atoms with Gasteiger partial charge in [-0.25, -0.2) is 0 Å². The molecule has 26 heavy (non-hydrogen) atoms. The van der Waals surface area contributed by atoms with Gasteiger partial charge < -0.3 is 10.6 Å². The van der Waals surface area contributed by atoms with Crippen molar-refractivity contribution in [2.24, 2.45) is 0 Å². The standard InChI is InChI=1S/C16H19F3N6O/c17-16(18,19)14(24-8-6-20-7-9-24)11-21-15(26)13-10-22-25(23-13)12-4-2-1-3-5-12/h1-5,10,14,20H,6-9,11H2,(H,21,26). The quantitative estimate of drug-likeness (QED) is 0.818. The first kappa shape index (κ1) is 18.3. The number of para-hydroxylation sites is 1. The third kappa shape index (κ3) is 4.38. The number of aromatic nitrogens is 3. The lowest BCUT2D eigenvalue weighted by atomic mass is 10.2. The van der Waals surface area contributed by atoms with E-state index in [1.54, 1.807) is 24.3 Å². The number of nitrogens with one attached hydrogen (secondary N) is 2. The Morgan fingerprint density at radius 1 is 1.23 bits per heavy atom. The number of rotatable bonds is 5. The van der Waals surface area contributed by atoms with Crippen LogP contribution >= 0.6 is 0 Å². The van der Waals surface area contributed by atoms with Crippen LogP contribution in [-0.2, 0) is 0 Å². The Labute approximate surface area is 148 Å². The first-order valence-corrected chi connectivity index (χ1v) is 8.22. The van der Waals surface area contributed by atoms with Gasteiger partial charge in [-0.1, -0.05) is 18.2 Å². The Hall–Kier alpha value is -2.46. The Balaban J connectivity index is 1.64. The summed E-state index contributed by atoms with van der Waals surface area (Å²) in [6.45, 7) is 1.02. The number of benzene rings is 1. The second-order valence-corrected chi connectivity index (χ2v) is 5.91. The van der Waals surface area contributed by atoms with Gasteiger partial charge in [0.05, 0.1) is 11.9 Å². The molecular weight excluding hydrogens is 349 g/mol. The predicted molar refractivity (Wildman–Crippen MR) is 88.0 cm³/mol. The van der Waals surface area contributed by atoms with E-state index in [-0.39, 0.29) is 18.8 Å². The van der Waals surface area contributed by atoms with E-state index < -0.39 is 24.7 Å². The average molecular weight is 368 g/mol. The number of nitrogens with zero attached hydrogens (tertiary/aromatic N) is 4. The maximum Gasteiger partial charge on any atom is 0.405 e. The smallest absolute Gasteiger partial charge is 0.349 e. The molecule has 140 valence electrons. The SMILES string of the molecule is O=C(NCC(N1CCNCC1)C(F)(F)F)c1cnn(-c2ccccc2)n1. The lowest BCUT2D eigenvalue weighted by Crippen LogP contribution is -2.57. The summed E-state index contributed by atoms with van der Waals surface area (Å²) in [5, 5.41) is 13.3. The highest BCUT2D eigenvalue weighted by molar-refractivity contribution is 5.91. The molecule has 2 aromatic rings. The summed E-state index contributed by atoms with van der Waals surface area (Å²) >= 11 is 0. The van der Waals surface area contributed by atoms with Gasteiger partial charge in [-0.2, -0.15) is 23.1 Å². The Morgan fingerprint density at radius 2 is 1.92 bits per heavy atom. The highest BCUT2D eigenvalue weighted by Gasteiger charge is 2.43. The number of carbonyl (C=O) groups is 1. The van der Waals surface area contributed by atoms with Crippen LogP contribution in [0.15, 0.2) is 36.5 Å². The van der Waals surface area contributed by atoms with Crippen LogP contribution in [0.5, 0.6) is 0 Å². The van der Waals surface area contributed by atoms with Gasteiger partial charge in [0.15, 0.2) is 5.69 Å². The third-order valence-corrected chi connectivity index (χ3v) is 4.14. The van der Waals surface area contributed by atoms with E-state index in [1.807, 2.05) is 6.07 Å². The van der Waals surface area contributed by atoms with E-state index in [1.165, 1.54) is 15.9 Å². The largest absolute Gasteiger partial charge is 0.405 e. The molecule has 1 aromatic heterocycles. The first-order chi connectivity index (χ1) is 12.4. The molecular formula is C16H19F3N6O. The van der Waals surface area contributed by atoms with Crippen LogP contribution in [0.1, 0.15) is 10.5 Å². The molecule has 1 atom stereocenters. The van der Waals surface area contributed by atoms with E-state index in [0.717, 1.165) is 0 Å². The predicted octanol–water partition coefficient (Wildman–Crippen LogP) is 0.833. The van der Waals surface area contributed by atoms with E-state index in [9.17, 15) is 18.0 Å². The van der Waals surface area contributed by atoms with E-state index in [4.69, 9.17) is 0 Å². The molecule has 2 heterocycles. The molecule has 0 saturated carbocycles. The second kappa shape index (κ2) is 7.83. The summed E-state index contributed by atoms with van der Waals surface area (Å²) in [5.41, 5.74) is 0.621. The minimum absolute atomic E-state index is 0.0323. The zero-order valence-corrected chi connectivity index (χ0v) is 13.9. The van der Waals surface area contributed by atoms with Gasteiger partial charge in [0.1, 0.15) is 6.04 Å².